The Kier molecular flexibility index (Phi) is 68.9. The number of aliphatic hydroxyl groups excluding tert-OH is 2. The molecule has 2 atom stereocenters. The Morgan fingerprint density at radius 2 is 0.580 bits per heavy atom. The standard InChI is InChI=1S/C75H143NO5/c1-3-5-7-9-11-13-15-17-19-21-37-41-45-49-53-57-61-65-69-75(80)81-70-66-62-58-54-50-46-42-38-34-32-30-28-26-24-22-23-25-27-29-31-33-36-40-44-48-52-56-60-64-68-74(79)76-72(71-77)73(78)67-63-59-55-51-47-43-39-35-20-18-16-14-12-10-8-6-4-2/h19,21-22,24,63,67,72-73,77-78H,3-18,20,23,25-62,64-66,68-71H2,1-2H3,(H,76,79)/b21-19-,24-22-,67-63+. The zero-order valence-electron chi connectivity index (χ0n) is 54.8. The van der Waals surface area contributed by atoms with Crippen LogP contribution in [0.1, 0.15) is 406 Å². The summed E-state index contributed by atoms with van der Waals surface area (Å²) in [5, 5.41) is 23.2. The van der Waals surface area contributed by atoms with Crippen molar-refractivity contribution in [3.05, 3.63) is 36.5 Å². The number of unbranched alkanes of at least 4 members (excludes halogenated alkanes) is 54. The summed E-state index contributed by atoms with van der Waals surface area (Å²) in [6.45, 7) is 4.94. The quantitative estimate of drug-likeness (QED) is 0.0320. The lowest BCUT2D eigenvalue weighted by Crippen LogP contribution is -2.45. The summed E-state index contributed by atoms with van der Waals surface area (Å²) in [6, 6.07) is -0.628. The zero-order valence-corrected chi connectivity index (χ0v) is 54.8. The summed E-state index contributed by atoms with van der Waals surface area (Å²) < 4.78 is 5.51. The summed E-state index contributed by atoms with van der Waals surface area (Å²) in [5.41, 5.74) is 0. The number of hydrogen-bond donors (Lipinski definition) is 3. The molecule has 478 valence electrons. The van der Waals surface area contributed by atoms with E-state index in [2.05, 4.69) is 43.5 Å². The van der Waals surface area contributed by atoms with Gasteiger partial charge in [-0.05, 0) is 83.5 Å². The minimum absolute atomic E-state index is 0.0138. The monoisotopic (exact) mass is 1140 g/mol. The van der Waals surface area contributed by atoms with Gasteiger partial charge < -0.3 is 20.3 Å². The molecule has 0 bridgehead atoms. The van der Waals surface area contributed by atoms with Crippen LogP contribution in [0.25, 0.3) is 0 Å². The number of amides is 1. The van der Waals surface area contributed by atoms with E-state index in [1.54, 1.807) is 6.08 Å². The van der Waals surface area contributed by atoms with Gasteiger partial charge in [0.25, 0.3) is 0 Å². The van der Waals surface area contributed by atoms with Crippen molar-refractivity contribution >= 4 is 11.9 Å². The third-order valence-corrected chi connectivity index (χ3v) is 17.1. The highest BCUT2D eigenvalue weighted by Gasteiger charge is 2.18. The normalized spacial score (nSPS) is 12.7. The van der Waals surface area contributed by atoms with Crippen LogP contribution in [-0.4, -0.2) is 47.4 Å². The van der Waals surface area contributed by atoms with Gasteiger partial charge in [0.05, 0.1) is 25.4 Å². The molecular formula is C75H143NO5. The molecule has 0 aliphatic heterocycles. The maximum atomic E-state index is 12.5. The van der Waals surface area contributed by atoms with Crippen LogP contribution in [0.15, 0.2) is 36.5 Å². The maximum Gasteiger partial charge on any atom is 0.305 e. The van der Waals surface area contributed by atoms with Gasteiger partial charge >= 0.3 is 5.97 Å². The van der Waals surface area contributed by atoms with Gasteiger partial charge in [-0.25, -0.2) is 0 Å². The molecule has 0 fully saturated rings. The molecule has 0 saturated carbocycles. The summed E-state index contributed by atoms with van der Waals surface area (Å²) in [6.07, 6.45) is 90.9. The van der Waals surface area contributed by atoms with Crippen molar-refractivity contribution < 1.29 is 24.5 Å². The van der Waals surface area contributed by atoms with E-state index in [1.165, 1.54) is 334 Å². The summed E-state index contributed by atoms with van der Waals surface area (Å²) in [4.78, 5) is 24.6. The van der Waals surface area contributed by atoms with E-state index in [1.807, 2.05) is 6.08 Å². The Bertz CT molecular complexity index is 1310. The second kappa shape index (κ2) is 70.6. The molecule has 0 aromatic carbocycles. The van der Waals surface area contributed by atoms with Crippen LogP contribution in [0, 0.1) is 0 Å². The number of carbonyl (C=O) groups excluding carboxylic acids is 2. The number of esters is 1. The average Bonchev–Trinajstić information content (AvgIpc) is 3.47. The van der Waals surface area contributed by atoms with Crippen LogP contribution in [0.2, 0.25) is 0 Å². The summed E-state index contributed by atoms with van der Waals surface area (Å²) in [7, 11) is 0. The SMILES string of the molecule is CCCCCCCCC/C=C\CCCCCCCCCC(=O)OCCCCCCCCCCCCCC/C=C\CCCCCCCCCCCCCCCC(=O)NC(CO)C(O)/C=C/CCCCCCCCCCCCCCCCC. The van der Waals surface area contributed by atoms with E-state index in [0.29, 0.717) is 19.4 Å². The van der Waals surface area contributed by atoms with Crippen LogP contribution >= 0.6 is 0 Å². The Balaban J connectivity index is 3.38. The highest BCUT2D eigenvalue weighted by Crippen LogP contribution is 2.18. The number of allylic oxidation sites excluding steroid dienone is 5. The van der Waals surface area contributed by atoms with Crippen molar-refractivity contribution in [3.63, 3.8) is 0 Å². The molecule has 0 rings (SSSR count). The highest BCUT2D eigenvalue weighted by atomic mass is 16.5. The van der Waals surface area contributed by atoms with Crippen molar-refractivity contribution in [2.75, 3.05) is 13.2 Å². The minimum Gasteiger partial charge on any atom is -0.466 e. The molecule has 0 aliphatic carbocycles. The lowest BCUT2D eigenvalue weighted by atomic mass is 10.0. The first kappa shape index (κ1) is 79.1. The molecule has 2 unspecified atom stereocenters. The van der Waals surface area contributed by atoms with Crippen molar-refractivity contribution in [3.8, 4) is 0 Å². The molecule has 0 aromatic rings. The van der Waals surface area contributed by atoms with Crippen molar-refractivity contribution in [2.24, 2.45) is 0 Å². The van der Waals surface area contributed by atoms with Crippen molar-refractivity contribution in [2.45, 2.75) is 418 Å². The number of aliphatic hydroxyl groups is 2. The van der Waals surface area contributed by atoms with Crippen molar-refractivity contribution in [1.82, 2.24) is 5.32 Å². The summed E-state index contributed by atoms with van der Waals surface area (Å²) in [5.74, 6) is -0.0505. The first-order valence-corrected chi connectivity index (χ1v) is 36.8. The fraction of sp³-hybridized carbons (Fsp3) is 0.893. The van der Waals surface area contributed by atoms with E-state index in [9.17, 15) is 19.8 Å². The third kappa shape index (κ3) is 67.1. The van der Waals surface area contributed by atoms with Gasteiger partial charge in [-0.1, -0.05) is 346 Å². The topological polar surface area (TPSA) is 95.9 Å². The minimum atomic E-state index is -0.844. The van der Waals surface area contributed by atoms with Crippen LogP contribution < -0.4 is 5.32 Å². The van der Waals surface area contributed by atoms with Crippen LogP contribution in [0.4, 0.5) is 0 Å². The fourth-order valence-electron chi connectivity index (χ4n) is 11.5. The molecular weight excluding hydrogens is 995 g/mol. The molecule has 0 heterocycles. The molecule has 0 spiro atoms. The predicted octanol–water partition coefficient (Wildman–Crippen LogP) is 23.9. The number of nitrogens with one attached hydrogen (secondary N) is 1. The van der Waals surface area contributed by atoms with E-state index < -0.39 is 12.1 Å². The highest BCUT2D eigenvalue weighted by molar-refractivity contribution is 5.76. The molecule has 1 amide bonds. The molecule has 6 heteroatoms. The lowest BCUT2D eigenvalue weighted by Gasteiger charge is -2.20. The number of rotatable bonds is 69. The van der Waals surface area contributed by atoms with Crippen molar-refractivity contribution in [1.29, 1.82) is 0 Å². The van der Waals surface area contributed by atoms with Crippen LogP contribution in [-0.2, 0) is 14.3 Å². The van der Waals surface area contributed by atoms with E-state index >= 15 is 0 Å². The Hall–Kier alpha value is -1.92. The van der Waals surface area contributed by atoms with Gasteiger partial charge in [-0.15, -0.1) is 0 Å². The van der Waals surface area contributed by atoms with Gasteiger partial charge in [0.15, 0.2) is 0 Å². The van der Waals surface area contributed by atoms with Gasteiger partial charge in [-0.2, -0.15) is 0 Å². The lowest BCUT2D eigenvalue weighted by molar-refractivity contribution is -0.143. The largest absolute Gasteiger partial charge is 0.466 e. The first-order chi connectivity index (χ1) is 40.0. The molecule has 0 radical (unpaired) electrons. The van der Waals surface area contributed by atoms with Crippen LogP contribution in [0.3, 0.4) is 0 Å². The summed E-state index contributed by atoms with van der Waals surface area (Å²) >= 11 is 0. The first-order valence-electron chi connectivity index (χ1n) is 36.8. The van der Waals surface area contributed by atoms with Crippen LogP contribution in [0.5, 0.6) is 0 Å². The van der Waals surface area contributed by atoms with E-state index in [-0.39, 0.29) is 18.5 Å². The smallest absolute Gasteiger partial charge is 0.305 e. The molecule has 81 heavy (non-hydrogen) atoms. The Morgan fingerprint density at radius 3 is 0.877 bits per heavy atom. The number of hydrogen-bond acceptors (Lipinski definition) is 5. The predicted molar refractivity (Wildman–Crippen MR) is 356 cm³/mol. The van der Waals surface area contributed by atoms with Gasteiger partial charge in [-0.3, -0.25) is 9.59 Å². The third-order valence-electron chi connectivity index (χ3n) is 17.1. The van der Waals surface area contributed by atoms with Gasteiger partial charge in [0.1, 0.15) is 0 Å². The van der Waals surface area contributed by atoms with E-state index in [4.69, 9.17) is 4.74 Å². The zero-order chi connectivity index (χ0) is 58.5. The second-order valence-corrected chi connectivity index (χ2v) is 25.3. The van der Waals surface area contributed by atoms with Gasteiger partial charge in [0.2, 0.25) is 5.91 Å². The van der Waals surface area contributed by atoms with E-state index in [0.717, 1.165) is 44.9 Å². The molecule has 6 nitrogen and oxygen atoms in total. The van der Waals surface area contributed by atoms with Gasteiger partial charge in [0, 0.05) is 12.8 Å². The number of carbonyl (C=O) groups is 2. The second-order valence-electron chi connectivity index (χ2n) is 25.3. The molecule has 3 N–H and O–H groups in total. The molecule has 0 saturated heterocycles. The average molecular weight is 1140 g/mol. The molecule has 0 aromatic heterocycles. The fourth-order valence-corrected chi connectivity index (χ4v) is 11.5. The Labute approximate surface area is 506 Å². The number of ether oxygens (including phenoxy) is 1. The maximum absolute atomic E-state index is 12.5. The molecule has 0 aliphatic rings. The Morgan fingerprint density at radius 1 is 0.333 bits per heavy atom.